The summed E-state index contributed by atoms with van der Waals surface area (Å²) < 4.78 is 6.75. The van der Waals surface area contributed by atoms with E-state index >= 15 is 0 Å². The maximum Gasteiger partial charge on any atom is 0.249 e. The molecule has 28 heavy (non-hydrogen) atoms. The Balaban J connectivity index is 1.47. The molecule has 4 rings (SSSR count). The smallest absolute Gasteiger partial charge is 0.249 e. The fourth-order valence-corrected chi connectivity index (χ4v) is 4.39. The second kappa shape index (κ2) is 7.70. The van der Waals surface area contributed by atoms with Gasteiger partial charge in [0.15, 0.2) is 0 Å². The summed E-state index contributed by atoms with van der Waals surface area (Å²) in [6.45, 7) is 2.40. The maximum absolute atomic E-state index is 12.7. The number of H-pyrrole nitrogens is 1. The van der Waals surface area contributed by atoms with E-state index in [4.69, 9.17) is 4.74 Å². The van der Waals surface area contributed by atoms with Crippen molar-refractivity contribution in [1.82, 2.24) is 34.5 Å². The van der Waals surface area contributed by atoms with Gasteiger partial charge in [-0.1, -0.05) is 0 Å². The Morgan fingerprint density at radius 1 is 1.25 bits per heavy atom. The molecule has 1 spiro atoms. The molecule has 0 aromatic carbocycles. The number of carbonyl (C=O) groups excluding carboxylic acids is 2. The van der Waals surface area contributed by atoms with Crippen LogP contribution in [0.3, 0.4) is 0 Å². The number of imidazole rings is 1. The highest BCUT2D eigenvalue weighted by Crippen LogP contribution is 2.42. The van der Waals surface area contributed by atoms with Gasteiger partial charge < -0.3 is 19.5 Å². The van der Waals surface area contributed by atoms with Gasteiger partial charge >= 0.3 is 0 Å². The van der Waals surface area contributed by atoms with E-state index in [9.17, 15) is 9.59 Å². The number of rotatable bonds is 5. The summed E-state index contributed by atoms with van der Waals surface area (Å²) in [6, 6.07) is 0. The molecule has 0 unspecified atom stereocenters. The molecule has 10 heteroatoms. The molecule has 0 radical (unpaired) electrons. The maximum atomic E-state index is 12.7. The van der Waals surface area contributed by atoms with E-state index in [-0.39, 0.29) is 18.4 Å². The van der Waals surface area contributed by atoms with Gasteiger partial charge in [-0.2, -0.15) is 5.10 Å². The van der Waals surface area contributed by atoms with Crippen LogP contribution in [-0.2, 0) is 32.8 Å². The molecule has 0 bridgehead atoms. The van der Waals surface area contributed by atoms with Gasteiger partial charge in [-0.05, 0) is 12.8 Å². The van der Waals surface area contributed by atoms with Gasteiger partial charge in [0.2, 0.25) is 11.8 Å². The van der Waals surface area contributed by atoms with Crippen LogP contribution < -0.4 is 0 Å². The van der Waals surface area contributed by atoms with Gasteiger partial charge in [0.05, 0.1) is 24.1 Å². The average Bonchev–Trinajstić information content (AvgIpc) is 3.39. The zero-order valence-electron chi connectivity index (χ0n) is 16.0. The van der Waals surface area contributed by atoms with Crippen molar-refractivity contribution < 1.29 is 14.3 Å². The number of methoxy groups -OCH3 is 1. The van der Waals surface area contributed by atoms with Crippen LogP contribution in [0, 0.1) is 0 Å². The first-order valence-electron chi connectivity index (χ1n) is 9.56. The van der Waals surface area contributed by atoms with Gasteiger partial charge in [-0.25, -0.2) is 9.97 Å². The van der Waals surface area contributed by atoms with E-state index in [1.165, 1.54) is 13.4 Å². The van der Waals surface area contributed by atoms with E-state index in [0.29, 0.717) is 45.4 Å². The largest absolute Gasteiger partial charge is 0.375 e. The summed E-state index contributed by atoms with van der Waals surface area (Å²) in [6.07, 6.45) is 7.27. The Labute approximate surface area is 162 Å². The topological polar surface area (TPSA) is 109 Å². The van der Waals surface area contributed by atoms with Crippen molar-refractivity contribution in [1.29, 1.82) is 0 Å². The number of ether oxygens (including phenoxy) is 1. The molecule has 4 heterocycles. The Hall–Kier alpha value is -2.75. The number of nitrogens with one attached hydrogen (secondary N) is 1. The minimum atomic E-state index is -0.466. The Morgan fingerprint density at radius 2 is 2.07 bits per heavy atom. The number of fused-ring (bicyclic) bond motifs is 2. The van der Waals surface area contributed by atoms with Crippen LogP contribution in [0.5, 0.6) is 0 Å². The number of nitrogens with zero attached hydrogens (tertiary/aromatic N) is 6. The third kappa shape index (κ3) is 3.28. The van der Waals surface area contributed by atoms with Crippen molar-refractivity contribution in [2.75, 3.05) is 33.4 Å². The summed E-state index contributed by atoms with van der Waals surface area (Å²) in [5.41, 5.74) is 1.57. The van der Waals surface area contributed by atoms with Crippen molar-refractivity contribution in [2.45, 2.75) is 37.8 Å². The van der Waals surface area contributed by atoms with Gasteiger partial charge in [0.1, 0.15) is 19.3 Å². The molecular weight excluding hydrogens is 362 g/mol. The monoisotopic (exact) mass is 387 g/mol. The standard InChI is InChI=1S/C18H25N7O3/c1-28-10-16(27)25-7-2-14-17(21-12-20-14)18(25)4-8-23(9-5-18)15(26)3-6-24-13-19-11-22-24/h11-13H,2-10H2,1H3,(H,20,21). The lowest BCUT2D eigenvalue weighted by Gasteiger charge is -2.50. The number of aryl methyl sites for hydroxylation is 1. The zero-order valence-corrected chi connectivity index (χ0v) is 16.0. The first-order valence-corrected chi connectivity index (χ1v) is 9.56. The molecule has 1 fully saturated rings. The molecule has 150 valence electrons. The normalized spacial score (nSPS) is 18.3. The van der Waals surface area contributed by atoms with E-state index in [0.717, 1.165) is 17.8 Å². The molecule has 0 aliphatic carbocycles. The molecule has 2 aliphatic heterocycles. The second-order valence-corrected chi connectivity index (χ2v) is 7.28. The predicted octanol–water partition coefficient (Wildman–Crippen LogP) is -0.0597. The number of aromatic amines is 1. The number of amides is 2. The van der Waals surface area contributed by atoms with Crippen LogP contribution in [0.2, 0.25) is 0 Å². The summed E-state index contributed by atoms with van der Waals surface area (Å²) in [5, 5.41) is 4.03. The fourth-order valence-electron chi connectivity index (χ4n) is 4.39. The SMILES string of the molecule is COCC(=O)N1CCc2[nH]cnc2C12CCN(C(=O)CCn1cncn1)CC2. The van der Waals surface area contributed by atoms with Crippen LogP contribution in [-0.4, -0.2) is 79.7 Å². The first kappa shape index (κ1) is 18.6. The minimum absolute atomic E-state index is 0.0258. The molecule has 1 N–H and O–H groups in total. The van der Waals surface area contributed by atoms with Crippen molar-refractivity contribution in [3.8, 4) is 0 Å². The highest BCUT2D eigenvalue weighted by Gasteiger charge is 2.48. The van der Waals surface area contributed by atoms with E-state index < -0.39 is 5.54 Å². The first-order chi connectivity index (χ1) is 13.6. The molecular formula is C18H25N7O3. The number of piperidine rings is 1. The molecule has 2 aromatic rings. The second-order valence-electron chi connectivity index (χ2n) is 7.28. The van der Waals surface area contributed by atoms with Gasteiger partial charge in [0, 0.05) is 45.3 Å². The van der Waals surface area contributed by atoms with Crippen molar-refractivity contribution in [3.05, 3.63) is 30.4 Å². The zero-order chi connectivity index (χ0) is 19.6. The number of likely N-dealkylation sites (tertiary alicyclic amines) is 1. The summed E-state index contributed by atoms with van der Waals surface area (Å²) >= 11 is 0. The lowest BCUT2D eigenvalue weighted by Crippen LogP contribution is -2.59. The number of carbonyl (C=O) groups is 2. The van der Waals surface area contributed by atoms with E-state index in [1.807, 2.05) is 9.80 Å². The number of hydrogen-bond donors (Lipinski definition) is 1. The average molecular weight is 387 g/mol. The van der Waals surface area contributed by atoms with Crippen molar-refractivity contribution in [2.24, 2.45) is 0 Å². The minimum Gasteiger partial charge on any atom is -0.375 e. The van der Waals surface area contributed by atoms with Gasteiger partial charge in [-0.3, -0.25) is 14.3 Å². The van der Waals surface area contributed by atoms with E-state index in [1.54, 1.807) is 17.3 Å². The quantitative estimate of drug-likeness (QED) is 0.770. The van der Waals surface area contributed by atoms with Crippen LogP contribution in [0.15, 0.2) is 19.0 Å². The predicted molar refractivity (Wildman–Crippen MR) is 98.0 cm³/mol. The van der Waals surface area contributed by atoms with Crippen LogP contribution in [0.25, 0.3) is 0 Å². The molecule has 10 nitrogen and oxygen atoms in total. The highest BCUT2D eigenvalue weighted by molar-refractivity contribution is 5.79. The lowest BCUT2D eigenvalue weighted by atomic mass is 9.78. The van der Waals surface area contributed by atoms with Crippen LogP contribution in [0.4, 0.5) is 0 Å². The van der Waals surface area contributed by atoms with E-state index in [2.05, 4.69) is 20.1 Å². The van der Waals surface area contributed by atoms with Crippen molar-refractivity contribution in [3.63, 3.8) is 0 Å². The van der Waals surface area contributed by atoms with Crippen LogP contribution in [0.1, 0.15) is 30.7 Å². The number of hydrogen-bond acceptors (Lipinski definition) is 6. The molecule has 0 atom stereocenters. The summed E-state index contributed by atoms with van der Waals surface area (Å²) in [7, 11) is 1.53. The Morgan fingerprint density at radius 3 is 2.79 bits per heavy atom. The summed E-state index contributed by atoms with van der Waals surface area (Å²) in [4.78, 5) is 40.8. The molecule has 2 aliphatic rings. The lowest BCUT2D eigenvalue weighted by molar-refractivity contribution is -0.147. The Kier molecular flexibility index (Phi) is 5.12. The molecule has 2 aromatic heterocycles. The van der Waals surface area contributed by atoms with Crippen LogP contribution >= 0.6 is 0 Å². The molecule has 0 saturated carbocycles. The van der Waals surface area contributed by atoms with Crippen molar-refractivity contribution >= 4 is 11.8 Å². The third-order valence-electron chi connectivity index (χ3n) is 5.79. The number of aromatic nitrogens is 5. The Bertz CT molecular complexity index is 824. The third-order valence-corrected chi connectivity index (χ3v) is 5.79. The summed E-state index contributed by atoms with van der Waals surface area (Å²) in [5.74, 6) is 0.0697. The highest BCUT2D eigenvalue weighted by atomic mass is 16.5. The van der Waals surface area contributed by atoms with Gasteiger partial charge in [0.25, 0.3) is 0 Å². The van der Waals surface area contributed by atoms with Gasteiger partial charge in [-0.15, -0.1) is 0 Å². The molecule has 2 amide bonds. The molecule has 1 saturated heterocycles. The fraction of sp³-hybridized carbons (Fsp3) is 0.611.